The summed E-state index contributed by atoms with van der Waals surface area (Å²) < 4.78 is 2.04. The average Bonchev–Trinajstić information content (AvgIpc) is 2.74. The fourth-order valence-electron chi connectivity index (χ4n) is 2.03. The van der Waals surface area contributed by atoms with E-state index in [0.29, 0.717) is 5.56 Å². The molecule has 4 heteroatoms. The molecule has 0 saturated carbocycles. The third kappa shape index (κ3) is 3.59. The zero-order valence-corrected chi connectivity index (χ0v) is 11.3. The fraction of sp³-hybridized carbons (Fsp3) is 0.333. The Bertz CT molecular complexity index is 575. The van der Waals surface area contributed by atoms with Crippen molar-refractivity contribution in [1.82, 2.24) is 9.78 Å². The number of aryl methyl sites for hydroxylation is 3. The molecule has 2 aromatic rings. The van der Waals surface area contributed by atoms with Gasteiger partial charge in [0.15, 0.2) is 0 Å². The van der Waals surface area contributed by atoms with Gasteiger partial charge in [-0.3, -0.25) is 4.68 Å². The molecule has 0 aliphatic carbocycles. The van der Waals surface area contributed by atoms with Crippen LogP contribution in [0.4, 0.5) is 5.69 Å². The summed E-state index contributed by atoms with van der Waals surface area (Å²) in [4.78, 5) is 0. The SMILES string of the molecule is Cc1cc(C)n(CCCNc2ccc(C#N)cc2)n1. The highest BCUT2D eigenvalue weighted by Crippen LogP contribution is 2.09. The highest BCUT2D eigenvalue weighted by atomic mass is 15.3. The molecule has 0 spiro atoms. The van der Waals surface area contributed by atoms with Crippen LogP contribution in [0.1, 0.15) is 23.4 Å². The summed E-state index contributed by atoms with van der Waals surface area (Å²) >= 11 is 0. The molecule has 1 aromatic carbocycles. The molecular formula is C15H18N4. The second-order valence-corrected chi connectivity index (χ2v) is 4.62. The van der Waals surface area contributed by atoms with E-state index >= 15 is 0 Å². The summed E-state index contributed by atoms with van der Waals surface area (Å²) in [6.07, 6.45) is 1.02. The van der Waals surface area contributed by atoms with Gasteiger partial charge in [0.25, 0.3) is 0 Å². The maximum Gasteiger partial charge on any atom is 0.0991 e. The van der Waals surface area contributed by atoms with Gasteiger partial charge >= 0.3 is 0 Å². The molecule has 1 aromatic heterocycles. The Morgan fingerprint density at radius 2 is 2.00 bits per heavy atom. The standard InChI is InChI=1S/C15H18N4/c1-12-10-13(2)19(18-12)9-3-8-17-15-6-4-14(11-16)5-7-15/h4-7,10,17H,3,8-9H2,1-2H3. The van der Waals surface area contributed by atoms with Gasteiger partial charge in [0.05, 0.1) is 17.3 Å². The summed E-state index contributed by atoms with van der Waals surface area (Å²) in [5.41, 5.74) is 4.01. The Hall–Kier alpha value is -2.28. The van der Waals surface area contributed by atoms with Crippen LogP contribution in [0, 0.1) is 25.2 Å². The molecule has 0 saturated heterocycles. The largest absolute Gasteiger partial charge is 0.385 e. The molecule has 2 rings (SSSR count). The number of nitrogens with zero attached hydrogens (tertiary/aromatic N) is 3. The zero-order chi connectivity index (χ0) is 13.7. The first-order valence-electron chi connectivity index (χ1n) is 6.44. The molecule has 0 bridgehead atoms. The van der Waals surface area contributed by atoms with Gasteiger partial charge < -0.3 is 5.32 Å². The summed E-state index contributed by atoms with van der Waals surface area (Å²) in [5.74, 6) is 0. The van der Waals surface area contributed by atoms with E-state index in [9.17, 15) is 0 Å². The van der Waals surface area contributed by atoms with E-state index in [1.807, 2.05) is 35.9 Å². The maximum absolute atomic E-state index is 8.72. The lowest BCUT2D eigenvalue weighted by atomic mass is 10.2. The van der Waals surface area contributed by atoms with Gasteiger partial charge in [0.2, 0.25) is 0 Å². The number of nitriles is 1. The second kappa shape index (κ2) is 6.05. The van der Waals surface area contributed by atoms with Crippen LogP contribution in [-0.2, 0) is 6.54 Å². The first-order valence-corrected chi connectivity index (χ1v) is 6.44. The number of nitrogens with one attached hydrogen (secondary N) is 1. The van der Waals surface area contributed by atoms with Crippen LogP contribution in [-0.4, -0.2) is 16.3 Å². The topological polar surface area (TPSA) is 53.6 Å². The van der Waals surface area contributed by atoms with Crippen molar-refractivity contribution in [1.29, 1.82) is 5.26 Å². The molecule has 0 fully saturated rings. The normalized spacial score (nSPS) is 10.2. The molecule has 0 atom stereocenters. The van der Waals surface area contributed by atoms with Gasteiger partial charge in [-0.15, -0.1) is 0 Å². The van der Waals surface area contributed by atoms with E-state index in [0.717, 1.165) is 30.9 Å². The van der Waals surface area contributed by atoms with Crippen molar-refractivity contribution >= 4 is 5.69 Å². The predicted molar refractivity (Wildman–Crippen MR) is 76.0 cm³/mol. The van der Waals surface area contributed by atoms with Gasteiger partial charge in [-0.05, 0) is 50.6 Å². The molecule has 0 unspecified atom stereocenters. The van der Waals surface area contributed by atoms with Crippen molar-refractivity contribution in [2.45, 2.75) is 26.8 Å². The zero-order valence-electron chi connectivity index (χ0n) is 11.3. The van der Waals surface area contributed by atoms with Gasteiger partial charge in [0.1, 0.15) is 0 Å². The highest BCUT2D eigenvalue weighted by molar-refractivity contribution is 5.46. The lowest BCUT2D eigenvalue weighted by molar-refractivity contribution is 0.574. The van der Waals surface area contributed by atoms with E-state index in [2.05, 4.69) is 29.5 Å². The third-order valence-electron chi connectivity index (χ3n) is 2.99. The molecular weight excluding hydrogens is 236 g/mol. The Morgan fingerprint density at radius 1 is 1.26 bits per heavy atom. The second-order valence-electron chi connectivity index (χ2n) is 4.62. The first kappa shape index (κ1) is 13.2. The van der Waals surface area contributed by atoms with Gasteiger partial charge in [-0.2, -0.15) is 10.4 Å². The molecule has 19 heavy (non-hydrogen) atoms. The molecule has 4 nitrogen and oxygen atoms in total. The number of anilines is 1. The molecule has 0 radical (unpaired) electrons. The summed E-state index contributed by atoms with van der Waals surface area (Å²) in [5, 5.41) is 16.5. The van der Waals surface area contributed by atoms with Gasteiger partial charge in [-0.1, -0.05) is 0 Å². The van der Waals surface area contributed by atoms with E-state index in [4.69, 9.17) is 5.26 Å². The van der Waals surface area contributed by atoms with Crippen LogP contribution in [0.5, 0.6) is 0 Å². The van der Waals surface area contributed by atoms with Crippen molar-refractivity contribution in [2.24, 2.45) is 0 Å². The first-order chi connectivity index (χ1) is 9.19. The minimum absolute atomic E-state index is 0.688. The van der Waals surface area contributed by atoms with Crippen LogP contribution in [0.3, 0.4) is 0 Å². The van der Waals surface area contributed by atoms with Crippen LogP contribution in [0.15, 0.2) is 30.3 Å². The van der Waals surface area contributed by atoms with Gasteiger partial charge in [-0.25, -0.2) is 0 Å². The molecule has 1 heterocycles. The number of hydrogen-bond acceptors (Lipinski definition) is 3. The lowest BCUT2D eigenvalue weighted by Gasteiger charge is -2.07. The molecule has 98 valence electrons. The van der Waals surface area contributed by atoms with E-state index in [1.54, 1.807) is 0 Å². The molecule has 0 aliphatic heterocycles. The average molecular weight is 254 g/mol. The van der Waals surface area contributed by atoms with Crippen molar-refractivity contribution in [3.05, 3.63) is 47.3 Å². The van der Waals surface area contributed by atoms with Crippen molar-refractivity contribution in [2.75, 3.05) is 11.9 Å². The van der Waals surface area contributed by atoms with Crippen LogP contribution < -0.4 is 5.32 Å². The number of rotatable bonds is 5. The van der Waals surface area contributed by atoms with E-state index in [-0.39, 0.29) is 0 Å². The minimum atomic E-state index is 0.688. The fourth-order valence-corrected chi connectivity index (χ4v) is 2.03. The Morgan fingerprint density at radius 3 is 2.58 bits per heavy atom. The smallest absolute Gasteiger partial charge is 0.0991 e. The van der Waals surface area contributed by atoms with Crippen LogP contribution in [0.2, 0.25) is 0 Å². The van der Waals surface area contributed by atoms with Crippen molar-refractivity contribution in [3.63, 3.8) is 0 Å². The summed E-state index contributed by atoms with van der Waals surface area (Å²) in [7, 11) is 0. The predicted octanol–water partition coefficient (Wildman–Crippen LogP) is 2.87. The van der Waals surface area contributed by atoms with Gasteiger partial charge in [0, 0.05) is 24.5 Å². The Labute approximate surface area is 113 Å². The number of benzene rings is 1. The van der Waals surface area contributed by atoms with Crippen molar-refractivity contribution < 1.29 is 0 Å². The van der Waals surface area contributed by atoms with Crippen molar-refractivity contribution in [3.8, 4) is 6.07 Å². The Kier molecular flexibility index (Phi) is 4.19. The highest BCUT2D eigenvalue weighted by Gasteiger charge is 2.00. The van der Waals surface area contributed by atoms with E-state index < -0.39 is 0 Å². The summed E-state index contributed by atoms with van der Waals surface area (Å²) in [6, 6.07) is 11.7. The number of hydrogen-bond donors (Lipinski definition) is 1. The van der Waals surface area contributed by atoms with E-state index in [1.165, 1.54) is 5.69 Å². The lowest BCUT2D eigenvalue weighted by Crippen LogP contribution is -2.08. The minimum Gasteiger partial charge on any atom is -0.385 e. The monoisotopic (exact) mass is 254 g/mol. The molecule has 0 aliphatic rings. The molecule has 0 amide bonds. The molecule has 1 N–H and O–H groups in total. The number of aromatic nitrogens is 2. The Balaban J connectivity index is 1.77. The summed E-state index contributed by atoms with van der Waals surface area (Å²) in [6.45, 7) is 5.90. The quantitative estimate of drug-likeness (QED) is 0.835. The van der Waals surface area contributed by atoms with Crippen LogP contribution in [0.25, 0.3) is 0 Å². The maximum atomic E-state index is 8.72. The third-order valence-corrected chi connectivity index (χ3v) is 2.99. The van der Waals surface area contributed by atoms with Crippen LogP contribution >= 0.6 is 0 Å².